The second kappa shape index (κ2) is 6.33. The van der Waals surface area contributed by atoms with Gasteiger partial charge in [-0.25, -0.2) is 13.8 Å². The van der Waals surface area contributed by atoms with Gasteiger partial charge < -0.3 is 15.2 Å². The molecule has 1 fully saturated rings. The van der Waals surface area contributed by atoms with Gasteiger partial charge in [0, 0.05) is 26.5 Å². The Labute approximate surface area is 125 Å². The van der Waals surface area contributed by atoms with Crippen LogP contribution in [0.2, 0.25) is 0 Å². The molecule has 0 bridgehead atoms. The fourth-order valence-corrected chi connectivity index (χ4v) is 2.99. The molecular weight excluding hydrogens is 302 g/mol. The van der Waals surface area contributed by atoms with Gasteiger partial charge in [0.25, 0.3) is 5.91 Å². The van der Waals surface area contributed by atoms with Gasteiger partial charge in [0.05, 0.1) is 23.4 Å². The summed E-state index contributed by atoms with van der Waals surface area (Å²) in [6.07, 6.45) is -0.745. The Balaban J connectivity index is 1.90. The van der Waals surface area contributed by atoms with Crippen molar-refractivity contribution in [3.63, 3.8) is 0 Å². The number of aromatic nitrogens is 1. The van der Waals surface area contributed by atoms with Gasteiger partial charge in [-0.15, -0.1) is 11.3 Å². The monoisotopic (exact) mass is 320 g/mol. The van der Waals surface area contributed by atoms with Crippen molar-refractivity contribution in [1.29, 1.82) is 0 Å². The molecule has 1 amide bonds. The Bertz CT molecular complexity index is 497. The minimum Gasteiger partial charge on any atom is -0.388 e. The van der Waals surface area contributed by atoms with E-state index in [0.717, 1.165) is 0 Å². The highest BCUT2D eigenvalue weighted by molar-refractivity contribution is 7.11. The van der Waals surface area contributed by atoms with Crippen LogP contribution in [0.5, 0.6) is 0 Å². The zero-order valence-electron chi connectivity index (χ0n) is 11.7. The quantitative estimate of drug-likeness (QED) is 0.870. The Hall–Kier alpha value is -1.12. The second-order valence-electron chi connectivity index (χ2n) is 5.32. The van der Waals surface area contributed by atoms with Crippen molar-refractivity contribution < 1.29 is 23.4 Å². The summed E-state index contributed by atoms with van der Waals surface area (Å²) in [7, 11) is 1.51. The van der Waals surface area contributed by atoms with Gasteiger partial charge in [-0.2, -0.15) is 0 Å². The van der Waals surface area contributed by atoms with E-state index >= 15 is 0 Å². The first-order chi connectivity index (χ1) is 9.85. The summed E-state index contributed by atoms with van der Waals surface area (Å²) in [5.74, 6) is -3.07. The SMILES string of the molecule is COCc1ncsc1C(=O)NCC1(O)CCC(F)(F)CC1. The molecule has 0 unspecified atom stereocenters. The van der Waals surface area contributed by atoms with Crippen LogP contribution in [0.25, 0.3) is 0 Å². The lowest BCUT2D eigenvalue weighted by Crippen LogP contribution is -2.47. The van der Waals surface area contributed by atoms with Gasteiger partial charge in [-0.05, 0) is 12.8 Å². The number of carbonyl (C=O) groups excluding carboxylic acids is 1. The van der Waals surface area contributed by atoms with Crippen molar-refractivity contribution in [2.75, 3.05) is 13.7 Å². The third kappa shape index (κ3) is 4.18. The fraction of sp³-hybridized carbons (Fsp3) is 0.692. The molecule has 1 heterocycles. The maximum Gasteiger partial charge on any atom is 0.263 e. The minimum absolute atomic E-state index is 0.0199. The molecule has 1 aromatic heterocycles. The first kappa shape index (κ1) is 16.3. The van der Waals surface area contributed by atoms with Crippen molar-refractivity contribution in [2.45, 2.75) is 43.8 Å². The molecule has 21 heavy (non-hydrogen) atoms. The van der Waals surface area contributed by atoms with E-state index in [2.05, 4.69) is 10.3 Å². The highest BCUT2D eigenvalue weighted by Crippen LogP contribution is 2.38. The minimum atomic E-state index is -2.71. The number of hydrogen-bond donors (Lipinski definition) is 2. The highest BCUT2D eigenvalue weighted by atomic mass is 32.1. The van der Waals surface area contributed by atoms with E-state index in [4.69, 9.17) is 4.74 Å². The van der Waals surface area contributed by atoms with Gasteiger partial charge in [0.2, 0.25) is 5.92 Å². The topological polar surface area (TPSA) is 71.5 Å². The molecule has 0 spiro atoms. The van der Waals surface area contributed by atoms with Crippen molar-refractivity contribution >= 4 is 17.2 Å². The molecule has 0 radical (unpaired) electrons. The largest absolute Gasteiger partial charge is 0.388 e. The smallest absolute Gasteiger partial charge is 0.263 e. The normalized spacial score (nSPS) is 20.2. The molecule has 0 aromatic carbocycles. The number of ether oxygens (including phenoxy) is 1. The Morgan fingerprint density at radius 1 is 1.48 bits per heavy atom. The summed E-state index contributed by atoms with van der Waals surface area (Å²) < 4.78 is 31.1. The summed E-state index contributed by atoms with van der Waals surface area (Å²) in [5.41, 5.74) is 0.810. The van der Waals surface area contributed by atoms with E-state index in [1.807, 2.05) is 0 Å². The lowest BCUT2D eigenvalue weighted by atomic mass is 9.83. The number of alkyl halides is 2. The van der Waals surface area contributed by atoms with Crippen LogP contribution in [0.3, 0.4) is 0 Å². The van der Waals surface area contributed by atoms with Crippen molar-refractivity contribution in [2.24, 2.45) is 0 Å². The molecule has 1 aliphatic carbocycles. The third-order valence-corrected chi connectivity index (χ3v) is 4.49. The molecular formula is C13H18F2N2O3S. The van der Waals surface area contributed by atoms with Crippen LogP contribution in [-0.2, 0) is 11.3 Å². The zero-order valence-corrected chi connectivity index (χ0v) is 12.5. The maximum absolute atomic E-state index is 13.1. The number of hydrogen-bond acceptors (Lipinski definition) is 5. The van der Waals surface area contributed by atoms with E-state index < -0.39 is 11.5 Å². The van der Waals surface area contributed by atoms with E-state index in [1.54, 1.807) is 5.51 Å². The summed E-state index contributed by atoms with van der Waals surface area (Å²) >= 11 is 1.18. The predicted octanol–water partition coefficient (Wildman–Crippen LogP) is 1.96. The average molecular weight is 320 g/mol. The molecule has 0 atom stereocenters. The van der Waals surface area contributed by atoms with Crippen LogP contribution < -0.4 is 5.32 Å². The number of carbonyl (C=O) groups is 1. The predicted molar refractivity (Wildman–Crippen MR) is 73.5 cm³/mol. The van der Waals surface area contributed by atoms with Crippen LogP contribution in [-0.4, -0.2) is 41.2 Å². The van der Waals surface area contributed by atoms with Gasteiger partial charge in [0.15, 0.2) is 0 Å². The molecule has 5 nitrogen and oxygen atoms in total. The number of aliphatic hydroxyl groups is 1. The second-order valence-corrected chi connectivity index (χ2v) is 6.18. The number of methoxy groups -OCH3 is 1. The number of nitrogens with one attached hydrogen (secondary N) is 1. The van der Waals surface area contributed by atoms with Crippen LogP contribution in [0.4, 0.5) is 8.78 Å². The number of nitrogens with zero attached hydrogens (tertiary/aromatic N) is 1. The summed E-state index contributed by atoms with van der Waals surface area (Å²) in [4.78, 5) is 16.5. The molecule has 0 saturated heterocycles. The Kier molecular flexibility index (Phi) is 4.90. The lowest BCUT2D eigenvalue weighted by molar-refractivity contribution is -0.101. The lowest BCUT2D eigenvalue weighted by Gasteiger charge is -2.35. The zero-order chi connectivity index (χ0) is 15.5. The Morgan fingerprint density at radius 3 is 2.76 bits per heavy atom. The van der Waals surface area contributed by atoms with E-state index in [1.165, 1.54) is 18.4 Å². The van der Waals surface area contributed by atoms with E-state index in [-0.39, 0.29) is 44.7 Å². The van der Waals surface area contributed by atoms with Crippen molar-refractivity contribution in [1.82, 2.24) is 10.3 Å². The molecule has 2 N–H and O–H groups in total. The standard InChI is InChI=1S/C13H18F2N2O3S/c1-20-6-9-10(21-8-17-9)11(18)16-7-12(19)2-4-13(14,15)5-3-12/h8,19H,2-7H2,1H3,(H,16,18). The summed E-state index contributed by atoms with van der Waals surface area (Å²) in [6.45, 7) is 0.189. The molecule has 1 aromatic rings. The number of halogens is 2. The van der Waals surface area contributed by atoms with Crippen molar-refractivity contribution in [3.05, 3.63) is 16.1 Å². The van der Waals surface area contributed by atoms with Crippen LogP contribution in [0, 0.1) is 0 Å². The molecule has 0 aliphatic heterocycles. The van der Waals surface area contributed by atoms with Crippen LogP contribution in [0.1, 0.15) is 41.0 Å². The summed E-state index contributed by atoms with van der Waals surface area (Å²) in [6, 6.07) is 0. The first-order valence-electron chi connectivity index (χ1n) is 6.65. The number of rotatable bonds is 5. The highest BCUT2D eigenvalue weighted by Gasteiger charge is 2.42. The first-order valence-corrected chi connectivity index (χ1v) is 7.53. The third-order valence-electron chi connectivity index (χ3n) is 3.62. The van der Waals surface area contributed by atoms with Crippen molar-refractivity contribution in [3.8, 4) is 0 Å². The van der Waals surface area contributed by atoms with Gasteiger partial charge in [0.1, 0.15) is 4.88 Å². The number of thiazole rings is 1. The van der Waals surface area contributed by atoms with Gasteiger partial charge >= 0.3 is 0 Å². The van der Waals surface area contributed by atoms with E-state index in [9.17, 15) is 18.7 Å². The van der Waals surface area contributed by atoms with Crippen LogP contribution >= 0.6 is 11.3 Å². The fourth-order valence-electron chi connectivity index (χ4n) is 2.28. The molecule has 2 rings (SSSR count). The van der Waals surface area contributed by atoms with Crippen LogP contribution in [0.15, 0.2) is 5.51 Å². The summed E-state index contributed by atoms with van der Waals surface area (Å²) in [5, 5.41) is 12.8. The molecule has 8 heteroatoms. The van der Waals surface area contributed by atoms with Gasteiger partial charge in [-0.3, -0.25) is 4.79 Å². The maximum atomic E-state index is 13.1. The molecule has 1 aliphatic rings. The molecule has 1 saturated carbocycles. The molecule has 118 valence electrons. The van der Waals surface area contributed by atoms with E-state index in [0.29, 0.717) is 10.6 Å². The number of amides is 1. The Morgan fingerprint density at radius 2 is 2.14 bits per heavy atom. The van der Waals surface area contributed by atoms with Gasteiger partial charge in [-0.1, -0.05) is 0 Å². The average Bonchev–Trinajstić information content (AvgIpc) is 2.89.